The maximum atomic E-state index is 13.9. The number of nitrogens with zero attached hydrogens (tertiary/aromatic N) is 1. The number of hydrogen-bond donors (Lipinski definition) is 0. The van der Waals surface area contributed by atoms with E-state index in [0.717, 1.165) is 10.0 Å². The van der Waals surface area contributed by atoms with Crippen molar-refractivity contribution in [1.82, 2.24) is 0 Å². The zero-order chi connectivity index (χ0) is 15.6. The third-order valence-electron chi connectivity index (χ3n) is 3.14. The summed E-state index contributed by atoms with van der Waals surface area (Å²) in [6, 6.07) is 10.9. The van der Waals surface area contributed by atoms with Crippen LogP contribution in [0.15, 0.2) is 40.9 Å². The van der Waals surface area contributed by atoms with Gasteiger partial charge in [-0.3, -0.25) is 4.79 Å². The van der Waals surface area contributed by atoms with Gasteiger partial charge in [0.05, 0.1) is 6.07 Å². The lowest BCUT2D eigenvalue weighted by Gasteiger charge is -2.12. The minimum Gasteiger partial charge on any atom is -0.292 e. The van der Waals surface area contributed by atoms with E-state index in [1.807, 2.05) is 13.0 Å². The summed E-state index contributed by atoms with van der Waals surface area (Å²) in [6.45, 7) is 1.88. The second kappa shape index (κ2) is 6.38. The fourth-order valence-corrected chi connectivity index (χ4v) is 2.60. The van der Waals surface area contributed by atoms with Crippen molar-refractivity contribution in [1.29, 1.82) is 5.26 Å². The van der Waals surface area contributed by atoms with E-state index in [1.54, 1.807) is 18.2 Å². The smallest absolute Gasteiger partial charge is 0.184 e. The molecular formula is C16H10BrClFNO. The van der Waals surface area contributed by atoms with Gasteiger partial charge in [0.15, 0.2) is 5.78 Å². The first-order valence-corrected chi connectivity index (χ1v) is 7.26. The van der Waals surface area contributed by atoms with Crippen LogP contribution in [-0.2, 0) is 0 Å². The molecule has 0 heterocycles. The minimum absolute atomic E-state index is 0.0704. The van der Waals surface area contributed by atoms with Gasteiger partial charge in [-0.15, -0.1) is 0 Å². The van der Waals surface area contributed by atoms with E-state index in [1.165, 1.54) is 18.2 Å². The van der Waals surface area contributed by atoms with Crippen LogP contribution in [0.25, 0.3) is 0 Å². The molecule has 2 rings (SSSR count). The van der Waals surface area contributed by atoms with Crippen molar-refractivity contribution in [2.75, 3.05) is 0 Å². The Balaban J connectivity index is 2.49. The number of rotatable bonds is 3. The standard InChI is InChI=1S/C16H10BrClFNO/c1-9-5-6-10(7-12(9)17)16(21)11(8-20)15-13(18)3-2-4-14(15)19/h2-7,11H,1H3. The monoisotopic (exact) mass is 365 g/mol. The third kappa shape index (κ3) is 3.15. The average Bonchev–Trinajstić information content (AvgIpc) is 2.45. The summed E-state index contributed by atoms with van der Waals surface area (Å²) in [6.07, 6.45) is 0. The predicted molar refractivity (Wildman–Crippen MR) is 83.0 cm³/mol. The normalized spacial score (nSPS) is 11.8. The molecule has 0 spiro atoms. The maximum Gasteiger partial charge on any atom is 0.184 e. The van der Waals surface area contributed by atoms with Crippen LogP contribution in [0.5, 0.6) is 0 Å². The molecule has 0 aliphatic rings. The van der Waals surface area contributed by atoms with Gasteiger partial charge < -0.3 is 0 Å². The topological polar surface area (TPSA) is 40.9 Å². The molecule has 0 fully saturated rings. The Kier molecular flexibility index (Phi) is 4.76. The molecule has 2 nitrogen and oxygen atoms in total. The molecule has 0 bridgehead atoms. The molecule has 0 aromatic heterocycles. The molecule has 0 aliphatic carbocycles. The van der Waals surface area contributed by atoms with Crippen molar-refractivity contribution in [2.45, 2.75) is 12.8 Å². The van der Waals surface area contributed by atoms with Gasteiger partial charge in [-0.2, -0.15) is 5.26 Å². The van der Waals surface area contributed by atoms with E-state index < -0.39 is 17.5 Å². The molecular weight excluding hydrogens is 357 g/mol. The fourth-order valence-electron chi connectivity index (χ4n) is 1.95. The number of carbonyl (C=O) groups is 1. The van der Waals surface area contributed by atoms with Crippen molar-refractivity contribution in [2.24, 2.45) is 0 Å². The molecule has 1 atom stereocenters. The second-order valence-electron chi connectivity index (χ2n) is 4.53. The first-order chi connectivity index (χ1) is 9.95. The number of Topliss-reactive ketones (excluding diaryl/α,β-unsaturated/α-hetero) is 1. The van der Waals surface area contributed by atoms with Crippen LogP contribution in [0.1, 0.15) is 27.4 Å². The Morgan fingerprint density at radius 3 is 2.67 bits per heavy atom. The summed E-state index contributed by atoms with van der Waals surface area (Å²) in [5.41, 5.74) is 1.21. The summed E-state index contributed by atoms with van der Waals surface area (Å²) in [5.74, 6) is -2.41. The lowest BCUT2D eigenvalue weighted by molar-refractivity contribution is 0.0977. The number of nitriles is 1. The third-order valence-corrected chi connectivity index (χ3v) is 4.32. The molecule has 0 radical (unpaired) electrons. The van der Waals surface area contributed by atoms with Crippen LogP contribution >= 0.6 is 27.5 Å². The van der Waals surface area contributed by atoms with Gasteiger partial charge >= 0.3 is 0 Å². The van der Waals surface area contributed by atoms with Gasteiger partial charge in [0, 0.05) is 20.6 Å². The maximum absolute atomic E-state index is 13.9. The van der Waals surface area contributed by atoms with Crippen molar-refractivity contribution in [3.8, 4) is 6.07 Å². The first kappa shape index (κ1) is 15.7. The largest absolute Gasteiger partial charge is 0.292 e. The van der Waals surface area contributed by atoms with Crippen LogP contribution in [0.4, 0.5) is 4.39 Å². The van der Waals surface area contributed by atoms with Gasteiger partial charge in [0.1, 0.15) is 11.7 Å². The number of benzene rings is 2. The Bertz CT molecular complexity index is 734. The van der Waals surface area contributed by atoms with Crippen molar-refractivity contribution < 1.29 is 9.18 Å². The number of carbonyl (C=O) groups excluding carboxylic acids is 1. The van der Waals surface area contributed by atoms with Gasteiger partial charge in [-0.1, -0.05) is 45.7 Å². The molecule has 21 heavy (non-hydrogen) atoms. The molecule has 0 saturated heterocycles. The molecule has 1 unspecified atom stereocenters. The van der Waals surface area contributed by atoms with Crippen molar-refractivity contribution >= 4 is 33.3 Å². The number of aryl methyl sites for hydroxylation is 1. The summed E-state index contributed by atoms with van der Waals surface area (Å²) in [5, 5.41) is 9.35. The molecule has 5 heteroatoms. The highest BCUT2D eigenvalue weighted by Gasteiger charge is 2.27. The number of halogens is 3. The molecule has 0 N–H and O–H groups in total. The summed E-state index contributed by atoms with van der Waals surface area (Å²) in [4.78, 5) is 12.5. The lowest BCUT2D eigenvalue weighted by Crippen LogP contribution is -2.13. The van der Waals surface area contributed by atoms with E-state index in [4.69, 9.17) is 11.6 Å². The van der Waals surface area contributed by atoms with Gasteiger partial charge in [-0.25, -0.2) is 4.39 Å². The summed E-state index contributed by atoms with van der Waals surface area (Å²) < 4.78 is 14.7. The van der Waals surface area contributed by atoms with Crippen molar-refractivity contribution in [3.05, 3.63) is 68.4 Å². The minimum atomic E-state index is -1.27. The molecule has 0 aliphatic heterocycles. The molecule has 0 amide bonds. The van der Waals surface area contributed by atoms with Gasteiger partial charge in [0.25, 0.3) is 0 Å². The van der Waals surface area contributed by atoms with Gasteiger partial charge in [0.2, 0.25) is 0 Å². The highest BCUT2D eigenvalue weighted by molar-refractivity contribution is 9.10. The highest BCUT2D eigenvalue weighted by atomic mass is 79.9. The number of ketones is 1. The van der Waals surface area contributed by atoms with Crippen LogP contribution < -0.4 is 0 Å². The van der Waals surface area contributed by atoms with Crippen LogP contribution in [0.2, 0.25) is 5.02 Å². The molecule has 0 saturated carbocycles. The molecule has 2 aromatic carbocycles. The predicted octanol–water partition coefficient (Wildman–Crippen LogP) is 5.04. The second-order valence-corrected chi connectivity index (χ2v) is 5.79. The van der Waals surface area contributed by atoms with Gasteiger partial charge in [-0.05, 0) is 30.7 Å². The Morgan fingerprint density at radius 2 is 2.10 bits per heavy atom. The van der Waals surface area contributed by atoms with E-state index in [2.05, 4.69) is 15.9 Å². The Hall–Kier alpha value is -1.70. The van der Waals surface area contributed by atoms with E-state index in [9.17, 15) is 14.4 Å². The zero-order valence-electron chi connectivity index (χ0n) is 11.0. The molecule has 106 valence electrons. The van der Waals surface area contributed by atoms with Crippen LogP contribution in [0.3, 0.4) is 0 Å². The van der Waals surface area contributed by atoms with E-state index in [0.29, 0.717) is 5.56 Å². The highest BCUT2D eigenvalue weighted by Crippen LogP contribution is 2.30. The van der Waals surface area contributed by atoms with Crippen LogP contribution in [0, 0.1) is 24.1 Å². The number of hydrogen-bond acceptors (Lipinski definition) is 2. The fraction of sp³-hybridized carbons (Fsp3) is 0.125. The Morgan fingerprint density at radius 1 is 1.38 bits per heavy atom. The lowest BCUT2D eigenvalue weighted by atomic mass is 9.91. The summed E-state index contributed by atoms with van der Waals surface area (Å²) in [7, 11) is 0. The summed E-state index contributed by atoms with van der Waals surface area (Å²) >= 11 is 9.27. The van der Waals surface area contributed by atoms with E-state index in [-0.39, 0.29) is 10.6 Å². The van der Waals surface area contributed by atoms with E-state index >= 15 is 0 Å². The van der Waals surface area contributed by atoms with Crippen molar-refractivity contribution in [3.63, 3.8) is 0 Å². The molecule has 2 aromatic rings. The zero-order valence-corrected chi connectivity index (χ0v) is 13.4. The Labute approximate surface area is 135 Å². The first-order valence-electron chi connectivity index (χ1n) is 6.09. The SMILES string of the molecule is Cc1ccc(C(=O)C(C#N)c2c(F)cccc2Cl)cc1Br. The van der Waals surface area contributed by atoms with Crippen LogP contribution in [-0.4, -0.2) is 5.78 Å². The average molecular weight is 367 g/mol. The quantitative estimate of drug-likeness (QED) is 0.714.